The summed E-state index contributed by atoms with van der Waals surface area (Å²) in [6.45, 7) is 9.92. The zero-order valence-corrected chi connectivity index (χ0v) is 17.6. The second-order valence-electron chi connectivity index (χ2n) is 7.32. The Kier molecular flexibility index (Phi) is 7.10. The van der Waals surface area contributed by atoms with E-state index in [0.29, 0.717) is 28.4 Å². The molecule has 0 aliphatic heterocycles. The summed E-state index contributed by atoms with van der Waals surface area (Å²) in [5.41, 5.74) is 1.21. The molecule has 0 heterocycles. The van der Waals surface area contributed by atoms with Crippen LogP contribution in [0.4, 0.5) is 0 Å². The average molecular weight is 396 g/mol. The van der Waals surface area contributed by atoms with Crippen molar-refractivity contribution in [2.45, 2.75) is 26.9 Å². The van der Waals surface area contributed by atoms with E-state index in [0.717, 1.165) is 0 Å². The third-order valence-electron chi connectivity index (χ3n) is 4.97. The van der Waals surface area contributed by atoms with Crippen molar-refractivity contribution >= 4 is 17.6 Å². The Morgan fingerprint density at radius 2 is 1.59 bits per heavy atom. The Morgan fingerprint density at radius 3 is 2.03 bits per heavy atom. The summed E-state index contributed by atoms with van der Waals surface area (Å²) < 4.78 is 16.5. The van der Waals surface area contributed by atoms with Gasteiger partial charge in [-0.15, -0.1) is 6.58 Å². The summed E-state index contributed by atoms with van der Waals surface area (Å²) in [7, 11) is 3.10. The zero-order chi connectivity index (χ0) is 21.6. The third-order valence-corrected chi connectivity index (χ3v) is 4.97. The van der Waals surface area contributed by atoms with E-state index in [4.69, 9.17) is 14.2 Å². The van der Waals surface area contributed by atoms with E-state index < -0.39 is 5.97 Å². The number of hydrogen-bond donors (Lipinski definition) is 1. The van der Waals surface area contributed by atoms with E-state index in [9.17, 15) is 9.90 Å². The van der Waals surface area contributed by atoms with Gasteiger partial charge < -0.3 is 19.3 Å². The summed E-state index contributed by atoms with van der Waals surface area (Å²) in [6, 6.07) is 12.3. The fraction of sp³-hybridized carbons (Fsp3) is 0.292. The van der Waals surface area contributed by atoms with Crippen LogP contribution in [-0.2, 0) is 4.79 Å². The van der Waals surface area contributed by atoms with Gasteiger partial charge in [-0.25, -0.2) is 4.79 Å². The Morgan fingerprint density at radius 1 is 1.03 bits per heavy atom. The standard InChI is InChI=1S/C24H28O5/c1-7-24(3,4)16(2)29-19-10-8-18(9-11-19)22(23(25)26)14-17-12-20(27-5)15-21(13-17)28-6/h7-16H,1H2,2-6H3,(H,25,26)/b22-14+/t16-/m0/s1. The van der Waals surface area contributed by atoms with Crippen molar-refractivity contribution in [3.63, 3.8) is 0 Å². The molecule has 0 radical (unpaired) electrons. The number of aliphatic carboxylic acids is 1. The molecule has 29 heavy (non-hydrogen) atoms. The van der Waals surface area contributed by atoms with E-state index in [1.54, 1.807) is 62.8 Å². The predicted molar refractivity (Wildman–Crippen MR) is 116 cm³/mol. The molecule has 2 aromatic rings. The van der Waals surface area contributed by atoms with Crippen molar-refractivity contribution in [2.75, 3.05) is 14.2 Å². The van der Waals surface area contributed by atoms with E-state index in [1.165, 1.54) is 0 Å². The second-order valence-corrected chi connectivity index (χ2v) is 7.32. The smallest absolute Gasteiger partial charge is 0.336 e. The maximum absolute atomic E-state index is 11.9. The molecule has 0 spiro atoms. The van der Waals surface area contributed by atoms with Gasteiger partial charge in [-0.05, 0) is 48.4 Å². The molecule has 1 N–H and O–H groups in total. The molecule has 0 bridgehead atoms. The van der Waals surface area contributed by atoms with Gasteiger partial charge in [0, 0.05) is 11.5 Å². The summed E-state index contributed by atoms with van der Waals surface area (Å²) in [4.78, 5) is 11.9. The molecule has 5 nitrogen and oxygen atoms in total. The van der Waals surface area contributed by atoms with Crippen molar-refractivity contribution in [1.82, 2.24) is 0 Å². The normalized spacial score (nSPS) is 12.8. The summed E-state index contributed by atoms with van der Waals surface area (Å²) in [6.07, 6.45) is 3.37. The highest BCUT2D eigenvalue weighted by atomic mass is 16.5. The third kappa shape index (κ3) is 5.64. The van der Waals surface area contributed by atoms with Crippen LogP contribution in [0.15, 0.2) is 55.1 Å². The predicted octanol–water partition coefficient (Wildman–Crippen LogP) is 5.31. The van der Waals surface area contributed by atoms with E-state index in [2.05, 4.69) is 6.58 Å². The highest BCUT2D eigenvalue weighted by Gasteiger charge is 2.24. The van der Waals surface area contributed by atoms with E-state index in [-0.39, 0.29) is 17.1 Å². The van der Waals surface area contributed by atoms with E-state index >= 15 is 0 Å². The lowest BCUT2D eigenvalue weighted by Crippen LogP contribution is -2.29. The number of carboxylic acid groups (broad SMARTS) is 1. The highest BCUT2D eigenvalue weighted by Crippen LogP contribution is 2.29. The number of carboxylic acids is 1. The van der Waals surface area contributed by atoms with Crippen LogP contribution in [0.5, 0.6) is 17.2 Å². The SMILES string of the molecule is C=CC(C)(C)[C@H](C)Oc1ccc(/C(=C\c2cc(OC)cc(OC)c2)C(=O)O)cc1. The van der Waals surface area contributed by atoms with Crippen LogP contribution in [0, 0.1) is 5.41 Å². The molecular weight excluding hydrogens is 368 g/mol. The second kappa shape index (κ2) is 9.32. The quantitative estimate of drug-likeness (QED) is 0.354. The first-order chi connectivity index (χ1) is 13.7. The van der Waals surface area contributed by atoms with Gasteiger partial charge in [0.15, 0.2) is 0 Å². The van der Waals surface area contributed by atoms with Crippen LogP contribution in [0.25, 0.3) is 11.6 Å². The van der Waals surface area contributed by atoms with Gasteiger partial charge >= 0.3 is 5.97 Å². The summed E-state index contributed by atoms with van der Waals surface area (Å²) in [5.74, 6) is 0.816. The van der Waals surface area contributed by atoms with E-state index in [1.807, 2.05) is 26.8 Å². The van der Waals surface area contributed by atoms with Gasteiger partial charge in [0.1, 0.15) is 23.4 Å². The molecule has 2 rings (SSSR count). The lowest BCUT2D eigenvalue weighted by Gasteiger charge is -2.28. The van der Waals surface area contributed by atoms with Crippen molar-refractivity contribution in [1.29, 1.82) is 0 Å². The summed E-state index contributed by atoms with van der Waals surface area (Å²) >= 11 is 0. The highest BCUT2D eigenvalue weighted by molar-refractivity contribution is 6.20. The fourth-order valence-electron chi connectivity index (χ4n) is 2.58. The van der Waals surface area contributed by atoms with Crippen LogP contribution >= 0.6 is 0 Å². The molecule has 0 aliphatic carbocycles. The minimum absolute atomic E-state index is 0.0791. The molecule has 0 fully saturated rings. The number of carbonyl (C=O) groups is 1. The molecule has 2 aromatic carbocycles. The maximum Gasteiger partial charge on any atom is 0.336 e. The molecule has 0 saturated heterocycles. The van der Waals surface area contributed by atoms with Crippen LogP contribution in [0.2, 0.25) is 0 Å². The number of rotatable bonds is 9. The number of ether oxygens (including phenoxy) is 3. The minimum atomic E-state index is -1.03. The van der Waals surface area contributed by atoms with Gasteiger partial charge in [-0.1, -0.05) is 32.1 Å². The molecule has 0 aliphatic rings. The van der Waals surface area contributed by atoms with Crippen molar-refractivity contribution in [2.24, 2.45) is 5.41 Å². The van der Waals surface area contributed by atoms with Gasteiger partial charge in [-0.3, -0.25) is 0 Å². The first-order valence-electron chi connectivity index (χ1n) is 9.29. The Bertz CT molecular complexity index is 872. The molecule has 0 unspecified atom stereocenters. The molecule has 1 atom stereocenters. The largest absolute Gasteiger partial charge is 0.497 e. The van der Waals surface area contributed by atoms with Crippen molar-refractivity contribution in [3.8, 4) is 17.2 Å². The Balaban J connectivity index is 2.33. The fourth-order valence-corrected chi connectivity index (χ4v) is 2.58. The first-order valence-corrected chi connectivity index (χ1v) is 9.29. The topological polar surface area (TPSA) is 65.0 Å². The molecule has 154 valence electrons. The van der Waals surface area contributed by atoms with Gasteiger partial charge in [0.2, 0.25) is 0 Å². The van der Waals surface area contributed by atoms with Crippen LogP contribution in [0.1, 0.15) is 31.9 Å². The lowest BCUT2D eigenvalue weighted by atomic mass is 9.88. The molecule has 0 saturated carbocycles. The van der Waals surface area contributed by atoms with Crippen molar-refractivity contribution < 1.29 is 24.1 Å². The van der Waals surface area contributed by atoms with Crippen molar-refractivity contribution in [3.05, 3.63) is 66.2 Å². The van der Waals surface area contributed by atoms with Gasteiger partial charge in [-0.2, -0.15) is 0 Å². The maximum atomic E-state index is 11.9. The lowest BCUT2D eigenvalue weighted by molar-refractivity contribution is -0.130. The molecule has 0 aromatic heterocycles. The van der Waals surface area contributed by atoms with Gasteiger partial charge in [0.25, 0.3) is 0 Å². The molecule has 5 heteroatoms. The summed E-state index contributed by atoms with van der Waals surface area (Å²) in [5, 5.41) is 9.72. The number of hydrogen-bond acceptors (Lipinski definition) is 4. The average Bonchev–Trinajstić information content (AvgIpc) is 2.72. The number of benzene rings is 2. The molecule has 0 amide bonds. The minimum Gasteiger partial charge on any atom is -0.497 e. The molecular formula is C24H28O5. The van der Waals surface area contributed by atoms with Gasteiger partial charge in [0.05, 0.1) is 19.8 Å². The first kappa shape index (κ1) is 22.1. The zero-order valence-electron chi connectivity index (χ0n) is 17.6. The monoisotopic (exact) mass is 396 g/mol. The number of methoxy groups -OCH3 is 2. The Labute approximate surface area is 172 Å². The Hall–Kier alpha value is -3.21. The van der Waals surface area contributed by atoms with Crippen LogP contribution in [-0.4, -0.2) is 31.4 Å². The van der Waals surface area contributed by atoms with Crippen LogP contribution in [0.3, 0.4) is 0 Å². The van der Waals surface area contributed by atoms with Crippen LogP contribution < -0.4 is 14.2 Å².